The third-order valence-electron chi connectivity index (χ3n) is 6.30. The number of halogens is 2. The summed E-state index contributed by atoms with van der Waals surface area (Å²) >= 11 is 13.6. The number of thioether (sulfide) groups is 1. The Kier molecular flexibility index (Phi) is 11.1. The highest BCUT2D eigenvalue weighted by Gasteiger charge is 2.30. The second kappa shape index (κ2) is 14.0. The van der Waals surface area contributed by atoms with E-state index >= 15 is 0 Å². The van der Waals surface area contributed by atoms with Gasteiger partial charge in [0.25, 0.3) is 0 Å². The molecule has 2 amide bonds. The van der Waals surface area contributed by atoms with Gasteiger partial charge in [-0.25, -0.2) is 0 Å². The molecule has 0 aliphatic heterocycles. The maximum absolute atomic E-state index is 13.5. The van der Waals surface area contributed by atoms with Crippen molar-refractivity contribution in [2.45, 2.75) is 69.8 Å². The summed E-state index contributed by atoms with van der Waals surface area (Å²) in [6.07, 6.45) is 6.06. The number of methoxy groups -OCH3 is 1. The molecule has 3 rings (SSSR count). The van der Waals surface area contributed by atoms with Crippen molar-refractivity contribution in [3.05, 3.63) is 63.6 Å². The van der Waals surface area contributed by atoms with Gasteiger partial charge in [0.05, 0.1) is 22.9 Å². The number of amides is 2. The highest BCUT2D eigenvalue weighted by Crippen LogP contribution is 2.25. The predicted octanol–water partition coefficient (Wildman–Crippen LogP) is 6.49. The van der Waals surface area contributed by atoms with E-state index in [1.807, 2.05) is 43.3 Å². The smallest absolute Gasteiger partial charge is 0.243 e. The third kappa shape index (κ3) is 8.33. The van der Waals surface area contributed by atoms with Crippen LogP contribution in [0.2, 0.25) is 10.0 Å². The molecule has 2 aromatic carbocycles. The molecular formula is C27H34Cl2N2O3S. The molecule has 1 atom stereocenters. The highest BCUT2D eigenvalue weighted by atomic mass is 35.5. The molecule has 0 bridgehead atoms. The lowest BCUT2D eigenvalue weighted by Gasteiger charge is -2.32. The first-order chi connectivity index (χ1) is 16.9. The van der Waals surface area contributed by atoms with Crippen LogP contribution in [0.15, 0.2) is 42.5 Å². The van der Waals surface area contributed by atoms with Crippen molar-refractivity contribution in [1.82, 2.24) is 10.2 Å². The van der Waals surface area contributed by atoms with Gasteiger partial charge in [0.2, 0.25) is 11.8 Å². The normalized spacial score (nSPS) is 14.9. The minimum absolute atomic E-state index is 0.0647. The van der Waals surface area contributed by atoms with Crippen LogP contribution in [0.1, 0.15) is 56.6 Å². The van der Waals surface area contributed by atoms with Crippen LogP contribution in [0.3, 0.4) is 0 Å². The highest BCUT2D eigenvalue weighted by molar-refractivity contribution is 7.99. The van der Waals surface area contributed by atoms with Gasteiger partial charge in [-0.15, -0.1) is 11.8 Å². The minimum atomic E-state index is -0.527. The molecule has 0 unspecified atom stereocenters. The number of benzene rings is 2. The van der Waals surface area contributed by atoms with Crippen LogP contribution in [0.5, 0.6) is 5.75 Å². The van der Waals surface area contributed by atoms with Crippen LogP contribution in [0.4, 0.5) is 0 Å². The summed E-state index contributed by atoms with van der Waals surface area (Å²) in [5.74, 6) is 1.48. The molecule has 1 aliphatic rings. The van der Waals surface area contributed by atoms with Crippen molar-refractivity contribution in [2.24, 2.45) is 0 Å². The summed E-state index contributed by atoms with van der Waals surface area (Å²) in [7, 11) is 1.62. The molecule has 0 spiro atoms. The van der Waals surface area contributed by atoms with Gasteiger partial charge in [-0.3, -0.25) is 9.59 Å². The van der Waals surface area contributed by atoms with Gasteiger partial charge in [0, 0.05) is 18.3 Å². The van der Waals surface area contributed by atoms with Gasteiger partial charge in [-0.05, 0) is 54.7 Å². The van der Waals surface area contributed by atoms with E-state index in [2.05, 4.69) is 5.32 Å². The second-order valence-corrected chi connectivity index (χ2v) is 10.7. The first kappa shape index (κ1) is 27.7. The molecule has 0 aromatic heterocycles. The molecule has 0 heterocycles. The summed E-state index contributed by atoms with van der Waals surface area (Å²) in [6.45, 7) is 2.31. The first-order valence-electron chi connectivity index (χ1n) is 12.2. The fraction of sp³-hybridized carbons (Fsp3) is 0.481. The zero-order chi connectivity index (χ0) is 25.2. The Labute approximate surface area is 222 Å². The molecule has 8 heteroatoms. The number of nitrogens with one attached hydrogen (secondary N) is 1. The number of hydrogen-bond acceptors (Lipinski definition) is 4. The molecule has 1 aliphatic carbocycles. The largest absolute Gasteiger partial charge is 0.497 e. The Hall–Kier alpha value is -1.89. The number of hydrogen-bond donors (Lipinski definition) is 1. The lowest BCUT2D eigenvalue weighted by molar-refractivity contribution is -0.139. The number of carbonyl (C=O) groups is 2. The number of carbonyl (C=O) groups excluding carboxylic acids is 2. The Balaban J connectivity index is 1.72. The number of nitrogens with zero attached hydrogens (tertiary/aromatic N) is 1. The number of rotatable bonds is 11. The van der Waals surface area contributed by atoms with E-state index in [1.165, 1.54) is 18.2 Å². The van der Waals surface area contributed by atoms with Crippen molar-refractivity contribution in [3.63, 3.8) is 0 Å². The monoisotopic (exact) mass is 536 g/mol. The Bertz CT molecular complexity index is 998. The first-order valence-corrected chi connectivity index (χ1v) is 14.1. The summed E-state index contributed by atoms with van der Waals surface area (Å²) in [5.41, 5.74) is 1.93. The molecule has 1 fully saturated rings. The molecule has 1 N–H and O–H groups in total. The van der Waals surface area contributed by atoms with E-state index in [0.717, 1.165) is 42.6 Å². The Morgan fingerprint density at radius 3 is 2.54 bits per heavy atom. The average molecular weight is 538 g/mol. The van der Waals surface area contributed by atoms with Gasteiger partial charge >= 0.3 is 0 Å². The van der Waals surface area contributed by atoms with E-state index in [1.54, 1.807) is 18.1 Å². The van der Waals surface area contributed by atoms with E-state index in [4.69, 9.17) is 27.9 Å². The average Bonchev–Trinajstić information content (AvgIpc) is 2.86. The second-order valence-electron chi connectivity index (χ2n) is 8.88. The summed E-state index contributed by atoms with van der Waals surface area (Å²) < 4.78 is 5.36. The SMILES string of the molecule is CC[C@H](C(=O)NC1CCCCC1)N(Cc1cccc(OC)c1)C(=O)CSCc1ccc(Cl)c(Cl)c1. The minimum Gasteiger partial charge on any atom is -0.497 e. The van der Waals surface area contributed by atoms with Crippen LogP contribution in [-0.4, -0.2) is 41.7 Å². The quantitative estimate of drug-likeness (QED) is 0.356. The molecule has 0 radical (unpaired) electrons. The fourth-order valence-corrected chi connectivity index (χ4v) is 5.58. The Morgan fingerprint density at radius 2 is 1.86 bits per heavy atom. The lowest BCUT2D eigenvalue weighted by atomic mass is 9.95. The van der Waals surface area contributed by atoms with Crippen LogP contribution >= 0.6 is 35.0 Å². The van der Waals surface area contributed by atoms with Crippen molar-refractivity contribution in [3.8, 4) is 5.75 Å². The molecular weight excluding hydrogens is 503 g/mol. The van der Waals surface area contributed by atoms with E-state index in [9.17, 15) is 9.59 Å². The third-order valence-corrected chi connectivity index (χ3v) is 8.03. The van der Waals surface area contributed by atoms with Crippen LogP contribution in [-0.2, 0) is 21.9 Å². The number of ether oxygens (including phenoxy) is 1. The van der Waals surface area contributed by atoms with Gasteiger partial charge in [-0.1, -0.05) is 67.6 Å². The summed E-state index contributed by atoms with van der Waals surface area (Å²) in [4.78, 5) is 28.5. The van der Waals surface area contributed by atoms with Crippen molar-refractivity contribution >= 4 is 46.8 Å². The zero-order valence-electron chi connectivity index (χ0n) is 20.4. The molecule has 2 aromatic rings. The molecule has 190 valence electrons. The van der Waals surface area contributed by atoms with Crippen molar-refractivity contribution in [2.75, 3.05) is 12.9 Å². The molecule has 5 nitrogen and oxygen atoms in total. The van der Waals surface area contributed by atoms with Crippen LogP contribution in [0.25, 0.3) is 0 Å². The summed E-state index contributed by atoms with van der Waals surface area (Å²) in [5, 5.41) is 4.23. The maximum atomic E-state index is 13.5. The van der Waals surface area contributed by atoms with Gasteiger partial charge in [0.1, 0.15) is 11.8 Å². The molecule has 1 saturated carbocycles. The van der Waals surface area contributed by atoms with Crippen molar-refractivity contribution < 1.29 is 14.3 Å². The lowest BCUT2D eigenvalue weighted by Crippen LogP contribution is -2.52. The van der Waals surface area contributed by atoms with Gasteiger partial charge < -0.3 is 15.0 Å². The standard InChI is InChI=1S/C27H34Cl2N2O3S/c1-3-25(27(33)30-21-9-5-4-6-10-21)31(16-19-8-7-11-22(14-19)34-2)26(32)18-35-17-20-12-13-23(28)24(29)15-20/h7-8,11-15,21,25H,3-6,9-10,16-18H2,1-2H3,(H,30,33)/t25-/m1/s1. The zero-order valence-corrected chi connectivity index (χ0v) is 22.7. The molecule has 35 heavy (non-hydrogen) atoms. The van der Waals surface area contributed by atoms with E-state index in [0.29, 0.717) is 28.8 Å². The van der Waals surface area contributed by atoms with Crippen LogP contribution in [0, 0.1) is 0 Å². The van der Waals surface area contributed by atoms with Gasteiger partial charge in [0.15, 0.2) is 0 Å². The predicted molar refractivity (Wildman–Crippen MR) is 145 cm³/mol. The topological polar surface area (TPSA) is 58.6 Å². The van der Waals surface area contributed by atoms with E-state index < -0.39 is 6.04 Å². The molecule has 0 saturated heterocycles. The van der Waals surface area contributed by atoms with E-state index in [-0.39, 0.29) is 23.6 Å². The maximum Gasteiger partial charge on any atom is 0.243 e. The Morgan fingerprint density at radius 1 is 1.09 bits per heavy atom. The van der Waals surface area contributed by atoms with Crippen molar-refractivity contribution in [1.29, 1.82) is 0 Å². The summed E-state index contributed by atoms with van der Waals surface area (Å²) in [6, 6.07) is 12.8. The fourth-order valence-electron chi connectivity index (χ4n) is 4.40. The van der Waals surface area contributed by atoms with Gasteiger partial charge in [-0.2, -0.15) is 0 Å². The van der Waals surface area contributed by atoms with Crippen LogP contribution < -0.4 is 10.1 Å².